The van der Waals surface area contributed by atoms with Crippen molar-refractivity contribution in [2.45, 2.75) is 26.1 Å². The van der Waals surface area contributed by atoms with Gasteiger partial charge in [-0.05, 0) is 35.7 Å². The average molecular weight is 271 g/mol. The van der Waals surface area contributed by atoms with E-state index in [1.54, 1.807) is 7.11 Å². The number of rotatable bonds is 6. The standard InChI is InChI=1S/C17H21NO2/c1-13(16-7-9-17(20-2)10-8-16)18-11-14-3-5-15(12-19)6-4-14/h3-10,13,18-19H,11-12H2,1-2H3/t13-/m1/s1. The van der Waals surface area contributed by atoms with Crippen molar-refractivity contribution in [3.63, 3.8) is 0 Å². The third-order valence-electron chi connectivity index (χ3n) is 3.43. The second kappa shape index (κ2) is 7.08. The lowest BCUT2D eigenvalue weighted by Gasteiger charge is -2.15. The highest BCUT2D eigenvalue weighted by Gasteiger charge is 2.05. The van der Waals surface area contributed by atoms with Crippen molar-refractivity contribution in [3.05, 3.63) is 65.2 Å². The zero-order valence-corrected chi connectivity index (χ0v) is 12.0. The van der Waals surface area contributed by atoms with E-state index in [9.17, 15) is 0 Å². The molecule has 0 aliphatic rings. The van der Waals surface area contributed by atoms with E-state index in [0.717, 1.165) is 17.9 Å². The van der Waals surface area contributed by atoms with Gasteiger partial charge >= 0.3 is 0 Å². The van der Waals surface area contributed by atoms with Crippen molar-refractivity contribution in [2.75, 3.05) is 7.11 Å². The largest absolute Gasteiger partial charge is 0.497 e. The third kappa shape index (κ3) is 3.83. The summed E-state index contributed by atoms with van der Waals surface area (Å²) >= 11 is 0. The number of aliphatic hydroxyl groups is 1. The van der Waals surface area contributed by atoms with Crippen LogP contribution in [0.3, 0.4) is 0 Å². The SMILES string of the molecule is COc1ccc([C@@H](C)NCc2ccc(CO)cc2)cc1. The van der Waals surface area contributed by atoms with Gasteiger partial charge in [-0.3, -0.25) is 0 Å². The van der Waals surface area contributed by atoms with Crippen molar-refractivity contribution < 1.29 is 9.84 Å². The first-order valence-electron chi connectivity index (χ1n) is 6.79. The monoisotopic (exact) mass is 271 g/mol. The fourth-order valence-corrected chi connectivity index (χ4v) is 2.04. The molecule has 106 valence electrons. The molecule has 0 heterocycles. The van der Waals surface area contributed by atoms with Crippen LogP contribution in [0.25, 0.3) is 0 Å². The Labute approximate surface area is 120 Å². The zero-order chi connectivity index (χ0) is 14.4. The molecule has 2 aromatic carbocycles. The summed E-state index contributed by atoms with van der Waals surface area (Å²) in [5.41, 5.74) is 3.39. The van der Waals surface area contributed by atoms with E-state index in [2.05, 4.69) is 24.4 Å². The molecule has 0 radical (unpaired) electrons. The van der Waals surface area contributed by atoms with E-state index in [1.165, 1.54) is 11.1 Å². The predicted octanol–water partition coefficient (Wildman–Crippen LogP) is 3.04. The summed E-state index contributed by atoms with van der Waals surface area (Å²) in [7, 11) is 1.67. The predicted molar refractivity (Wildman–Crippen MR) is 80.6 cm³/mol. The number of ether oxygens (including phenoxy) is 1. The van der Waals surface area contributed by atoms with Crippen LogP contribution in [-0.2, 0) is 13.2 Å². The van der Waals surface area contributed by atoms with Gasteiger partial charge < -0.3 is 15.2 Å². The Balaban J connectivity index is 1.91. The summed E-state index contributed by atoms with van der Waals surface area (Å²) in [6.07, 6.45) is 0. The van der Waals surface area contributed by atoms with Gasteiger partial charge in [0.05, 0.1) is 13.7 Å². The lowest BCUT2D eigenvalue weighted by molar-refractivity contribution is 0.282. The molecule has 2 N–H and O–H groups in total. The van der Waals surface area contributed by atoms with Gasteiger partial charge in [0.25, 0.3) is 0 Å². The maximum Gasteiger partial charge on any atom is 0.118 e. The summed E-state index contributed by atoms with van der Waals surface area (Å²) in [6.45, 7) is 3.04. The first-order chi connectivity index (χ1) is 9.72. The van der Waals surface area contributed by atoms with Gasteiger partial charge in [-0.2, -0.15) is 0 Å². The highest BCUT2D eigenvalue weighted by Crippen LogP contribution is 2.17. The van der Waals surface area contributed by atoms with Crippen LogP contribution in [0.4, 0.5) is 0 Å². The highest BCUT2D eigenvalue weighted by molar-refractivity contribution is 5.29. The molecule has 0 aliphatic carbocycles. The second-order valence-corrected chi connectivity index (χ2v) is 4.85. The molecule has 0 amide bonds. The van der Waals surface area contributed by atoms with Gasteiger partial charge in [0.2, 0.25) is 0 Å². The van der Waals surface area contributed by atoms with E-state index >= 15 is 0 Å². The highest BCUT2D eigenvalue weighted by atomic mass is 16.5. The van der Waals surface area contributed by atoms with Crippen molar-refractivity contribution in [2.24, 2.45) is 0 Å². The Kier molecular flexibility index (Phi) is 5.16. The summed E-state index contributed by atoms with van der Waals surface area (Å²) in [5, 5.41) is 12.5. The Bertz CT molecular complexity index is 520. The Morgan fingerprint density at radius 2 is 1.60 bits per heavy atom. The molecule has 2 rings (SSSR count). The minimum Gasteiger partial charge on any atom is -0.497 e. The molecule has 20 heavy (non-hydrogen) atoms. The molecule has 2 aromatic rings. The number of hydrogen-bond acceptors (Lipinski definition) is 3. The molecule has 0 bridgehead atoms. The number of hydrogen-bond donors (Lipinski definition) is 2. The molecular formula is C17H21NO2. The van der Waals surface area contributed by atoms with Gasteiger partial charge in [-0.25, -0.2) is 0 Å². The fraction of sp³-hybridized carbons (Fsp3) is 0.294. The number of benzene rings is 2. The smallest absolute Gasteiger partial charge is 0.118 e. The van der Waals surface area contributed by atoms with Crippen LogP contribution in [0.1, 0.15) is 29.7 Å². The molecule has 0 fully saturated rings. The van der Waals surface area contributed by atoms with Crippen LogP contribution >= 0.6 is 0 Å². The number of aliphatic hydroxyl groups excluding tert-OH is 1. The first-order valence-corrected chi connectivity index (χ1v) is 6.79. The molecule has 3 nitrogen and oxygen atoms in total. The first kappa shape index (κ1) is 14.6. The number of methoxy groups -OCH3 is 1. The van der Waals surface area contributed by atoms with E-state index in [4.69, 9.17) is 9.84 Å². The Morgan fingerprint density at radius 3 is 2.15 bits per heavy atom. The topological polar surface area (TPSA) is 41.5 Å². The van der Waals surface area contributed by atoms with Crippen LogP contribution < -0.4 is 10.1 Å². The van der Waals surface area contributed by atoms with Crippen molar-refractivity contribution in [3.8, 4) is 5.75 Å². The second-order valence-electron chi connectivity index (χ2n) is 4.85. The quantitative estimate of drug-likeness (QED) is 0.848. The van der Waals surface area contributed by atoms with Gasteiger partial charge in [0.1, 0.15) is 5.75 Å². The third-order valence-corrected chi connectivity index (χ3v) is 3.43. The van der Waals surface area contributed by atoms with Gasteiger partial charge in [-0.1, -0.05) is 36.4 Å². The normalized spacial score (nSPS) is 12.2. The van der Waals surface area contributed by atoms with Crippen LogP contribution in [-0.4, -0.2) is 12.2 Å². The van der Waals surface area contributed by atoms with Crippen LogP contribution in [0.5, 0.6) is 5.75 Å². The lowest BCUT2D eigenvalue weighted by atomic mass is 10.1. The molecule has 0 spiro atoms. The summed E-state index contributed by atoms with van der Waals surface area (Å²) in [4.78, 5) is 0. The van der Waals surface area contributed by atoms with E-state index in [1.807, 2.05) is 36.4 Å². The van der Waals surface area contributed by atoms with Gasteiger partial charge in [0, 0.05) is 12.6 Å². The van der Waals surface area contributed by atoms with Gasteiger partial charge in [0.15, 0.2) is 0 Å². The summed E-state index contributed by atoms with van der Waals surface area (Å²) in [5.74, 6) is 0.876. The van der Waals surface area contributed by atoms with Crippen LogP contribution in [0, 0.1) is 0 Å². The molecule has 0 aliphatic heterocycles. The summed E-state index contributed by atoms with van der Waals surface area (Å²) < 4.78 is 5.16. The molecule has 0 saturated heterocycles. The molecule has 3 heteroatoms. The maximum absolute atomic E-state index is 9.01. The molecule has 1 atom stereocenters. The zero-order valence-electron chi connectivity index (χ0n) is 12.0. The summed E-state index contributed by atoms with van der Waals surface area (Å²) in [6, 6.07) is 16.4. The molecule has 0 unspecified atom stereocenters. The van der Waals surface area contributed by atoms with Crippen LogP contribution in [0.15, 0.2) is 48.5 Å². The average Bonchev–Trinajstić information content (AvgIpc) is 2.53. The minimum atomic E-state index is 0.0932. The molecule has 0 saturated carbocycles. The lowest BCUT2D eigenvalue weighted by Crippen LogP contribution is -2.18. The van der Waals surface area contributed by atoms with Crippen molar-refractivity contribution >= 4 is 0 Å². The Morgan fingerprint density at radius 1 is 1.00 bits per heavy atom. The van der Waals surface area contributed by atoms with Crippen LogP contribution in [0.2, 0.25) is 0 Å². The number of nitrogens with one attached hydrogen (secondary N) is 1. The fourth-order valence-electron chi connectivity index (χ4n) is 2.04. The van der Waals surface area contributed by atoms with Crippen molar-refractivity contribution in [1.29, 1.82) is 0 Å². The van der Waals surface area contributed by atoms with E-state index in [-0.39, 0.29) is 12.6 Å². The minimum absolute atomic E-state index is 0.0932. The van der Waals surface area contributed by atoms with Crippen molar-refractivity contribution in [1.82, 2.24) is 5.32 Å². The molecule has 0 aromatic heterocycles. The Hall–Kier alpha value is -1.84. The van der Waals surface area contributed by atoms with E-state index in [0.29, 0.717) is 0 Å². The van der Waals surface area contributed by atoms with Gasteiger partial charge in [-0.15, -0.1) is 0 Å². The molecular weight excluding hydrogens is 250 g/mol. The van der Waals surface area contributed by atoms with E-state index < -0.39 is 0 Å². The maximum atomic E-state index is 9.01.